The lowest BCUT2D eigenvalue weighted by Gasteiger charge is -2.14. The molecule has 0 radical (unpaired) electrons. The summed E-state index contributed by atoms with van der Waals surface area (Å²) in [6, 6.07) is 8.43. The molecule has 3 N–H and O–H groups in total. The van der Waals surface area contributed by atoms with Gasteiger partial charge in [0.25, 0.3) is 5.56 Å². The summed E-state index contributed by atoms with van der Waals surface area (Å²) in [5, 5.41) is 13.5. The molecule has 20 heavy (non-hydrogen) atoms. The molecule has 0 saturated carbocycles. The average molecular weight is 293 g/mol. The Morgan fingerprint density at radius 3 is 2.90 bits per heavy atom. The summed E-state index contributed by atoms with van der Waals surface area (Å²) in [4.78, 5) is 24.7. The maximum absolute atomic E-state index is 11.4. The highest BCUT2D eigenvalue weighted by Gasteiger charge is 2.10. The number of rotatable bonds is 5. The van der Waals surface area contributed by atoms with E-state index in [1.54, 1.807) is 30.3 Å². The predicted octanol–water partition coefficient (Wildman–Crippen LogP) is 1.99. The summed E-state index contributed by atoms with van der Waals surface area (Å²) < 4.78 is 0. The van der Waals surface area contributed by atoms with Crippen molar-refractivity contribution in [3.63, 3.8) is 0 Å². The van der Waals surface area contributed by atoms with E-state index in [1.165, 1.54) is 6.20 Å². The van der Waals surface area contributed by atoms with E-state index in [-0.39, 0.29) is 12.1 Å². The number of aldehydes is 1. The quantitative estimate of drug-likeness (QED) is 0.736. The van der Waals surface area contributed by atoms with Crippen molar-refractivity contribution in [2.45, 2.75) is 6.10 Å². The maximum atomic E-state index is 11.4. The van der Waals surface area contributed by atoms with E-state index < -0.39 is 11.7 Å². The molecule has 6 heteroatoms. The third-order valence-corrected chi connectivity index (χ3v) is 3.07. The van der Waals surface area contributed by atoms with Crippen molar-refractivity contribution in [2.24, 2.45) is 0 Å². The predicted molar refractivity (Wildman–Crippen MR) is 77.4 cm³/mol. The van der Waals surface area contributed by atoms with Gasteiger partial charge in [0, 0.05) is 17.8 Å². The highest BCUT2D eigenvalue weighted by atomic mass is 35.5. The molecular weight excluding hydrogens is 280 g/mol. The Hall–Kier alpha value is -2.11. The lowest BCUT2D eigenvalue weighted by Crippen LogP contribution is -2.18. The van der Waals surface area contributed by atoms with Crippen LogP contribution >= 0.6 is 11.6 Å². The fourth-order valence-corrected chi connectivity index (χ4v) is 2.00. The van der Waals surface area contributed by atoms with Crippen LogP contribution in [0.25, 0.3) is 0 Å². The number of H-pyrrole nitrogens is 1. The fraction of sp³-hybridized carbons (Fsp3) is 0.143. The molecule has 0 bridgehead atoms. The van der Waals surface area contributed by atoms with Crippen molar-refractivity contribution in [3.05, 3.63) is 63.0 Å². The Bertz CT molecular complexity index is 669. The number of anilines is 1. The van der Waals surface area contributed by atoms with Crippen molar-refractivity contribution < 1.29 is 9.90 Å². The van der Waals surface area contributed by atoms with Gasteiger partial charge in [-0.3, -0.25) is 9.59 Å². The number of hydrogen-bond donors (Lipinski definition) is 3. The molecule has 1 aromatic heterocycles. The van der Waals surface area contributed by atoms with Gasteiger partial charge in [-0.15, -0.1) is 0 Å². The molecule has 2 rings (SSSR count). The number of aliphatic hydroxyl groups excluding tert-OH is 1. The molecule has 0 amide bonds. The van der Waals surface area contributed by atoms with E-state index in [0.29, 0.717) is 22.6 Å². The van der Waals surface area contributed by atoms with Gasteiger partial charge >= 0.3 is 0 Å². The van der Waals surface area contributed by atoms with Gasteiger partial charge in [0.2, 0.25) is 0 Å². The topological polar surface area (TPSA) is 82.2 Å². The molecule has 0 fully saturated rings. The first-order valence-corrected chi connectivity index (χ1v) is 6.34. The lowest BCUT2D eigenvalue weighted by atomic mass is 10.1. The number of aromatic amines is 1. The van der Waals surface area contributed by atoms with Crippen molar-refractivity contribution in [1.82, 2.24) is 4.98 Å². The van der Waals surface area contributed by atoms with E-state index in [0.717, 1.165) is 0 Å². The first kappa shape index (κ1) is 14.3. The molecule has 0 aliphatic heterocycles. The number of carbonyl (C=O) groups is 1. The molecular formula is C14H13ClN2O3. The molecule has 2 aromatic rings. The first-order chi connectivity index (χ1) is 9.61. The van der Waals surface area contributed by atoms with Gasteiger partial charge < -0.3 is 15.4 Å². The second-order valence-electron chi connectivity index (χ2n) is 4.20. The molecule has 0 unspecified atom stereocenters. The highest BCUT2D eigenvalue weighted by molar-refractivity contribution is 6.30. The molecule has 104 valence electrons. The third kappa shape index (κ3) is 3.26. The van der Waals surface area contributed by atoms with Gasteiger partial charge in [0.15, 0.2) is 6.29 Å². The van der Waals surface area contributed by atoms with E-state index in [4.69, 9.17) is 11.6 Å². The lowest BCUT2D eigenvalue weighted by molar-refractivity contribution is 0.112. The number of hydrogen-bond acceptors (Lipinski definition) is 4. The number of nitrogens with one attached hydrogen (secondary N) is 2. The zero-order chi connectivity index (χ0) is 14.5. The SMILES string of the molecule is O=Cc1c(NC[C@H](O)c2cccc(Cl)c2)cc[nH]c1=O. The van der Waals surface area contributed by atoms with Crippen LogP contribution in [-0.2, 0) is 0 Å². The molecule has 1 aromatic carbocycles. The number of halogens is 1. The van der Waals surface area contributed by atoms with E-state index >= 15 is 0 Å². The van der Waals surface area contributed by atoms with Gasteiger partial charge in [-0.1, -0.05) is 23.7 Å². The zero-order valence-electron chi connectivity index (χ0n) is 10.5. The summed E-state index contributed by atoms with van der Waals surface area (Å²) in [6.07, 6.45) is 1.11. The Morgan fingerprint density at radius 1 is 1.40 bits per heavy atom. The summed E-state index contributed by atoms with van der Waals surface area (Å²) in [6.45, 7) is 0.157. The van der Waals surface area contributed by atoms with Crippen LogP contribution in [0.3, 0.4) is 0 Å². The standard InChI is InChI=1S/C14H13ClN2O3/c15-10-3-1-2-9(6-10)13(19)7-17-12-4-5-16-14(20)11(12)8-18/h1-6,8,13,19H,7H2,(H2,16,17,20)/t13-/m0/s1. The van der Waals surface area contributed by atoms with E-state index in [9.17, 15) is 14.7 Å². The normalized spacial score (nSPS) is 11.9. The Balaban J connectivity index is 2.11. The van der Waals surface area contributed by atoms with Crippen LogP contribution in [0.5, 0.6) is 0 Å². The van der Waals surface area contributed by atoms with Crippen LogP contribution in [0.15, 0.2) is 41.3 Å². The number of carbonyl (C=O) groups excluding carboxylic acids is 1. The Morgan fingerprint density at radius 2 is 2.20 bits per heavy atom. The number of benzene rings is 1. The molecule has 1 heterocycles. The van der Waals surface area contributed by atoms with Crippen LogP contribution in [0, 0.1) is 0 Å². The minimum atomic E-state index is -0.799. The number of aromatic nitrogens is 1. The monoisotopic (exact) mass is 292 g/mol. The molecule has 0 saturated heterocycles. The van der Waals surface area contributed by atoms with Crippen LogP contribution < -0.4 is 10.9 Å². The largest absolute Gasteiger partial charge is 0.387 e. The van der Waals surface area contributed by atoms with Crippen molar-refractivity contribution in [3.8, 4) is 0 Å². The summed E-state index contributed by atoms with van der Waals surface area (Å²) in [5.41, 5.74) is 0.570. The van der Waals surface area contributed by atoms with E-state index in [1.807, 2.05) is 0 Å². The van der Waals surface area contributed by atoms with Crippen LogP contribution in [0.2, 0.25) is 5.02 Å². The molecule has 1 atom stereocenters. The summed E-state index contributed by atoms with van der Waals surface area (Å²) in [7, 11) is 0. The second kappa shape index (κ2) is 6.36. The van der Waals surface area contributed by atoms with Crippen molar-refractivity contribution in [1.29, 1.82) is 0 Å². The van der Waals surface area contributed by atoms with Crippen LogP contribution in [0.1, 0.15) is 22.0 Å². The van der Waals surface area contributed by atoms with Gasteiger partial charge in [-0.2, -0.15) is 0 Å². The average Bonchev–Trinajstić information content (AvgIpc) is 2.44. The Kier molecular flexibility index (Phi) is 4.55. The summed E-state index contributed by atoms with van der Waals surface area (Å²) in [5.74, 6) is 0. The fourth-order valence-electron chi connectivity index (χ4n) is 1.80. The molecule has 5 nitrogen and oxygen atoms in total. The maximum Gasteiger partial charge on any atom is 0.260 e. The molecule has 0 aliphatic rings. The molecule has 0 aliphatic carbocycles. The minimum Gasteiger partial charge on any atom is -0.387 e. The van der Waals surface area contributed by atoms with E-state index in [2.05, 4.69) is 10.3 Å². The smallest absolute Gasteiger partial charge is 0.260 e. The summed E-state index contributed by atoms with van der Waals surface area (Å²) >= 11 is 5.85. The minimum absolute atomic E-state index is 0.00536. The zero-order valence-corrected chi connectivity index (χ0v) is 11.2. The van der Waals surface area contributed by atoms with Crippen LogP contribution in [0.4, 0.5) is 5.69 Å². The number of pyridine rings is 1. The number of aliphatic hydroxyl groups is 1. The van der Waals surface area contributed by atoms with Gasteiger partial charge in [0.05, 0.1) is 11.8 Å². The Labute approximate surface area is 120 Å². The third-order valence-electron chi connectivity index (χ3n) is 2.84. The van der Waals surface area contributed by atoms with Gasteiger partial charge in [0.1, 0.15) is 5.56 Å². The van der Waals surface area contributed by atoms with Gasteiger partial charge in [-0.25, -0.2) is 0 Å². The van der Waals surface area contributed by atoms with Crippen molar-refractivity contribution >= 4 is 23.6 Å². The molecule has 0 spiro atoms. The highest BCUT2D eigenvalue weighted by Crippen LogP contribution is 2.18. The second-order valence-corrected chi connectivity index (χ2v) is 4.64. The first-order valence-electron chi connectivity index (χ1n) is 5.96. The van der Waals surface area contributed by atoms with Crippen LogP contribution in [-0.4, -0.2) is 22.9 Å². The van der Waals surface area contributed by atoms with Gasteiger partial charge in [-0.05, 0) is 23.8 Å². The van der Waals surface area contributed by atoms with Crippen molar-refractivity contribution in [2.75, 3.05) is 11.9 Å².